The zero-order valence-electron chi connectivity index (χ0n) is 12.2. The molecule has 0 aliphatic rings. The van der Waals surface area contributed by atoms with Crippen LogP contribution in [0.25, 0.3) is 0 Å². The fourth-order valence-electron chi connectivity index (χ4n) is 2.03. The van der Waals surface area contributed by atoms with E-state index < -0.39 is 10.0 Å². The van der Waals surface area contributed by atoms with E-state index in [1.807, 2.05) is 30.2 Å². The molecule has 0 unspecified atom stereocenters. The summed E-state index contributed by atoms with van der Waals surface area (Å²) in [5.41, 5.74) is 0.795. The number of nitrogens with zero attached hydrogens (tertiary/aromatic N) is 1. The maximum atomic E-state index is 12.2. The summed E-state index contributed by atoms with van der Waals surface area (Å²) < 4.78 is 34.1. The van der Waals surface area contributed by atoms with Crippen molar-refractivity contribution < 1.29 is 17.7 Å². The van der Waals surface area contributed by atoms with E-state index in [4.69, 9.17) is 4.74 Å². The summed E-state index contributed by atoms with van der Waals surface area (Å²) >= 11 is 0. The number of imidazole rings is 1. The maximum Gasteiger partial charge on any atom is 0.241 e. The summed E-state index contributed by atoms with van der Waals surface area (Å²) in [5, 5.41) is 0. The van der Waals surface area contributed by atoms with Gasteiger partial charge in [-0.1, -0.05) is 0 Å². The minimum atomic E-state index is -3.47. The fraction of sp³-hybridized carbons (Fsp3) is 0.357. The second-order valence-corrected chi connectivity index (χ2v) is 6.50. The molecule has 2 N–H and O–H groups in total. The molecule has 0 spiro atoms. The molecule has 1 aromatic carbocycles. The molecule has 0 fully saturated rings. The molecule has 0 radical (unpaired) electrons. The quantitative estimate of drug-likeness (QED) is 0.591. The first-order valence-electron chi connectivity index (χ1n) is 6.69. The van der Waals surface area contributed by atoms with Crippen LogP contribution in [0.3, 0.4) is 0 Å². The molecule has 1 heterocycles. The molecule has 0 saturated heterocycles. The first-order chi connectivity index (χ1) is 10.0. The van der Waals surface area contributed by atoms with E-state index in [1.54, 1.807) is 25.3 Å². The molecule has 21 heavy (non-hydrogen) atoms. The zero-order chi connectivity index (χ0) is 15.3. The standard InChI is InChI=1S/C14H19N3O3S/c1-12-10-13(4-5-14(12)20-2)21(18,19)16-6-3-8-17-9-7-15-11-17/h4-5,7,9-11,16H,3,6,8H2,1-2H3/p+1. The van der Waals surface area contributed by atoms with Gasteiger partial charge in [-0.3, -0.25) is 4.98 Å². The van der Waals surface area contributed by atoms with Crippen LogP contribution in [-0.2, 0) is 16.6 Å². The van der Waals surface area contributed by atoms with Gasteiger partial charge in [-0.2, -0.15) is 0 Å². The van der Waals surface area contributed by atoms with Gasteiger partial charge in [-0.25, -0.2) is 17.7 Å². The molecule has 0 aliphatic carbocycles. The highest BCUT2D eigenvalue weighted by Crippen LogP contribution is 2.21. The van der Waals surface area contributed by atoms with Crippen molar-refractivity contribution in [3.8, 4) is 5.75 Å². The Balaban J connectivity index is 1.93. The molecule has 7 heteroatoms. The Morgan fingerprint density at radius 3 is 2.81 bits per heavy atom. The summed E-state index contributed by atoms with van der Waals surface area (Å²) in [7, 11) is -1.91. The molecule has 0 amide bonds. The van der Waals surface area contributed by atoms with Gasteiger partial charge in [-0.05, 0) is 37.1 Å². The summed E-state index contributed by atoms with van der Waals surface area (Å²) in [4.78, 5) is 3.20. The summed E-state index contributed by atoms with van der Waals surface area (Å²) in [6, 6.07) is 4.83. The predicted molar refractivity (Wildman–Crippen MR) is 78.5 cm³/mol. The Bertz CT molecular complexity index is 681. The number of aromatic amines is 1. The van der Waals surface area contributed by atoms with Crippen molar-refractivity contribution in [2.24, 2.45) is 0 Å². The zero-order valence-corrected chi connectivity index (χ0v) is 13.0. The Morgan fingerprint density at radius 1 is 1.38 bits per heavy atom. The van der Waals surface area contributed by atoms with Gasteiger partial charge in [0.2, 0.25) is 16.4 Å². The van der Waals surface area contributed by atoms with Crippen LogP contribution in [0, 0.1) is 6.92 Å². The van der Waals surface area contributed by atoms with Crippen molar-refractivity contribution in [2.45, 2.75) is 24.8 Å². The molecule has 0 saturated carbocycles. The number of ether oxygens (including phenoxy) is 1. The van der Waals surface area contributed by atoms with Crippen molar-refractivity contribution in [2.75, 3.05) is 13.7 Å². The van der Waals surface area contributed by atoms with Gasteiger partial charge in [0, 0.05) is 6.54 Å². The third-order valence-electron chi connectivity index (χ3n) is 3.16. The SMILES string of the molecule is COc1ccc(S(=O)(=O)NCCC[n+]2cc[nH]c2)cc1C. The first kappa shape index (κ1) is 15.5. The number of methoxy groups -OCH3 is 1. The van der Waals surface area contributed by atoms with Crippen molar-refractivity contribution >= 4 is 10.0 Å². The minimum Gasteiger partial charge on any atom is -0.496 e. The molecule has 114 valence electrons. The van der Waals surface area contributed by atoms with Crippen molar-refractivity contribution in [1.82, 2.24) is 9.71 Å². The van der Waals surface area contributed by atoms with Crippen LogP contribution < -0.4 is 14.0 Å². The number of rotatable bonds is 7. The van der Waals surface area contributed by atoms with E-state index in [0.29, 0.717) is 12.3 Å². The molecule has 1 aromatic heterocycles. The highest BCUT2D eigenvalue weighted by Gasteiger charge is 2.14. The van der Waals surface area contributed by atoms with Crippen LogP contribution in [0.4, 0.5) is 0 Å². The summed E-state index contributed by atoms with van der Waals surface area (Å²) in [6.45, 7) is 2.97. The summed E-state index contributed by atoms with van der Waals surface area (Å²) in [5.74, 6) is 0.679. The van der Waals surface area contributed by atoms with Gasteiger partial charge in [0.05, 0.1) is 18.6 Å². The molecule has 2 aromatic rings. The van der Waals surface area contributed by atoms with E-state index in [-0.39, 0.29) is 4.90 Å². The van der Waals surface area contributed by atoms with E-state index in [1.165, 1.54) is 0 Å². The number of sulfonamides is 1. The number of H-pyrrole nitrogens is 1. The fourth-order valence-corrected chi connectivity index (χ4v) is 3.19. The normalized spacial score (nSPS) is 11.5. The predicted octanol–water partition coefficient (Wildman–Crippen LogP) is 0.988. The van der Waals surface area contributed by atoms with Crippen LogP contribution >= 0.6 is 0 Å². The van der Waals surface area contributed by atoms with Crippen LogP contribution in [0.5, 0.6) is 5.75 Å². The number of aromatic nitrogens is 2. The number of nitrogens with one attached hydrogen (secondary N) is 2. The van der Waals surface area contributed by atoms with E-state index in [2.05, 4.69) is 9.71 Å². The monoisotopic (exact) mass is 310 g/mol. The van der Waals surface area contributed by atoms with Crippen LogP contribution in [-0.4, -0.2) is 27.1 Å². The molecular weight excluding hydrogens is 290 g/mol. The Hall–Kier alpha value is -1.86. The lowest BCUT2D eigenvalue weighted by Gasteiger charge is -2.09. The third-order valence-corrected chi connectivity index (χ3v) is 4.62. The average molecular weight is 310 g/mol. The second-order valence-electron chi connectivity index (χ2n) is 4.73. The number of aryl methyl sites for hydroxylation is 2. The van der Waals surface area contributed by atoms with Crippen molar-refractivity contribution in [3.05, 3.63) is 42.5 Å². The highest BCUT2D eigenvalue weighted by molar-refractivity contribution is 7.89. The lowest BCUT2D eigenvalue weighted by atomic mass is 10.2. The topological polar surface area (TPSA) is 75.1 Å². The minimum absolute atomic E-state index is 0.259. The summed E-state index contributed by atoms with van der Waals surface area (Å²) in [6.07, 6.45) is 6.28. The second kappa shape index (κ2) is 6.73. The number of hydrogen-bond donors (Lipinski definition) is 2. The molecule has 0 aliphatic heterocycles. The lowest BCUT2D eigenvalue weighted by Crippen LogP contribution is -2.33. The lowest BCUT2D eigenvalue weighted by molar-refractivity contribution is -0.695. The van der Waals surface area contributed by atoms with Crippen LogP contribution in [0.2, 0.25) is 0 Å². The van der Waals surface area contributed by atoms with Gasteiger partial charge in [0.1, 0.15) is 18.1 Å². The maximum absolute atomic E-state index is 12.2. The van der Waals surface area contributed by atoms with E-state index in [9.17, 15) is 8.42 Å². The van der Waals surface area contributed by atoms with Gasteiger partial charge in [-0.15, -0.1) is 0 Å². The Kier molecular flexibility index (Phi) is 4.98. The molecule has 0 atom stereocenters. The molecule has 0 bridgehead atoms. The molecule has 6 nitrogen and oxygen atoms in total. The number of hydrogen-bond acceptors (Lipinski definition) is 3. The average Bonchev–Trinajstić information content (AvgIpc) is 2.97. The van der Waals surface area contributed by atoms with Gasteiger partial charge in [0.15, 0.2) is 0 Å². The number of benzene rings is 1. The molecule has 2 rings (SSSR count). The van der Waals surface area contributed by atoms with Gasteiger partial charge < -0.3 is 4.74 Å². The Morgan fingerprint density at radius 2 is 2.19 bits per heavy atom. The molecular formula is C14H20N3O3S+. The highest BCUT2D eigenvalue weighted by atomic mass is 32.2. The van der Waals surface area contributed by atoms with Gasteiger partial charge >= 0.3 is 0 Å². The van der Waals surface area contributed by atoms with Crippen LogP contribution in [0.15, 0.2) is 41.8 Å². The van der Waals surface area contributed by atoms with Crippen molar-refractivity contribution in [3.63, 3.8) is 0 Å². The largest absolute Gasteiger partial charge is 0.496 e. The smallest absolute Gasteiger partial charge is 0.241 e. The van der Waals surface area contributed by atoms with Gasteiger partial charge in [0.25, 0.3) is 0 Å². The first-order valence-corrected chi connectivity index (χ1v) is 8.17. The Labute approximate surface area is 124 Å². The van der Waals surface area contributed by atoms with Crippen LogP contribution in [0.1, 0.15) is 12.0 Å². The van der Waals surface area contributed by atoms with E-state index >= 15 is 0 Å². The van der Waals surface area contributed by atoms with E-state index in [0.717, 1.165) is 18.5 Å². The van der Waals surface area contributed by atoms with Crippen molar-refractivity contribution in [1.29, 1.82) is 0 Å². The third kappa shape index (κ3) is 4.05.